The van der Waals surface area contributed by atoms with Crippen molar-refractivity contribution in [3.8, 4) is 28.3 Å². The van der Waals surface area contributed by atoms with Gasteiger partial charge in [0.25, 0.3) is 5.91 Å². The Bertz CT molecular complexity index is 1110. The second-order valence-corrected chi connectivity index (χ2v) is 6.19. The number of aryl methyl sites for hydroxylation is 1. The second kappa shape index (κ2) is 5.81. The molecule has 0 spiro atoms. The van der Waals surface area contributed by atoms with Crippen LogP contribution in [0.25, 0.3) is 22.3 Å². The summed E-state index contributed by atoms with van der Waals surface area (Å²) in [6.07, 6.45) is 1.79. The molecule has 0 unspecified atom stereocenters. The van der Waals surface area contributed by atoms with Gasteiger partial charge in [-0.25, -0.2) is 8.78 Å². The molecule has 2 heterocycles. The lowest BCUT2D eigenvalue weighted by Gasteiger charge is -2.11. The summed E-state index contributed by atoms with van der Waals surface area (Å²) in [6, 6.07) is 10.6. The van der Waals surface area contributed by atoms with Crippen molar-refractivity contribution in [3.05, 3.63) is 71.1 Å². The molecule has 6 heteroatoms. The van der Waals surface area contributed by atoms with Crippen molar-refractivity contribution in [2.75, 3.05) is 0 Å². The predicted molar refractivity (Wildman–Crippen MR) is 92.1 cm³/mol. The van der Waals surface area contributed by atoms with Gasteiger partial charge in [-0.3, -0.25) is 4.79 Å². The zero-order valence-electron chi connectivity index (χ0n) is 13.8. The number of hydrogen-bond donors (Lipinski definition) is 1. The Hall–Kier alpha value is -3.46. The minimum atomic E-state index is -0.694. The van der Waals surface area contributed by atoms with Crippen molar-refractivity contribution in [1.82, 2.24) is 9.88 Å². The summed E-state index contributed by atoms with van der Waals surface area (Å²) in [4.78, 5) is 12.2. The van der Waals surface area contributed by atoms with Gasteiger partial charge < -0.3 is 9.88 Å². The SMILES string of the molecule is Cn1cc(-c2cc(-c3ccc(F)cc3F)cc3c2CNC3=O)cc1C#N. The average Bonchev–Trinajstić information content (AvgIpc) is 3.17. The van der Waals surface area contributed by atoms with Crippen molar-refractivity contribution in [2.45, 2.75) is 6.54 Å². The molecule has 0 radical (unpaired) electrons. The molecule has 1 aliphatic heterocycles. The topological polar surface area (TPSA) is 57.8 Å². The molecule has 0 bridgehead atoms. The number of nitrogens with one attached hydrogen (secondary N) is 1. The van der Waals surface area contributed by atoms with Crippen LogP contribution < -0.4 is 5.32 Å². The van der Waals surface area contributed by atoms with E-state index in [4.69, 9.17) is 0 Å². The number of aromatic nitrogens is 1. The minimum Gasteiger partial charge on any atom is -0.348 e. The molecule has 0 atom stereocenters. The van der Waals surface area contributed by atoms with E-state index in [1.165, 1.54) is 12.1 Å². The van der Waals surface area contributed by atoms with Gasteiger partial charge in [0.2, 0.25) is 0 Å². The molecular formula is C20H13F2N3O. The molecule has 26 heavy (non-hydrogen) atoms. The number of benzene rings is 2. The lowest BCUT2D eigenvalue weighted by Crippen LogP contribution is -2.12. The molecule has 4 nitrogen and oxygen atoms in total. The summed E-state index contributed by atoms with van der Waals surface area (Å²) in [6.45, 7) is 0.368. The lowest BCUT2D eigenvalue weighted by molar-refractivity contribution is 0.0966. The van der Waals surface area contributed by atoms with E-state index in [1.54, 1.807) is 36.0 Å². The summed E-state index contributed by atoms with van der Waals surface area (Å²) in [5.41, 5.74) is 3.95. The highest BCUT2D eigenvalue weighted by molar-refractivity contribution is 6.02. The van der Waals surface area contributed by atoms with E-state index in [-0.39, 0.29) is 11.5 Å². The number of halogens is 2. The van der Waals surface area contributed by atoms with E-state index in [0.29, 0.717) is 23.4 Å². The Morgan fingerprint density at radius 3 is 2.54 bits per heavy atom. The summed E-state index contributed by atoms with van der Waals surface area (Å²) in [5, 5.41) is 12.0. The van der Waals surface area contributed by atoms with E-state index < -0.39 is 11.6 Å². The first kappa shape index (κ1) is 16.0. The van der Waals surface area contributed by atoms with Gasteiger partial charge in [0.05, 0.1) is 0 Å². The van der Waals surface area contributed by atoms with Gasteiger partial charge in [0, 0.05) is 42.5 Å². The molecule has 2 aromatic carbocycles. The van der Waals surface area contributed by atoms with Crippen LogP contribution in [-0.2, 0) is 13.6 Å². The first-order valence-electron chi connectivity index (χ1n) is 7.95. The van der Waals surface area contributed by atoms with Gasteiger partial charge in [-0.2, -0.15) is 5.26 Å². The molecule has 0 saturated carbocycles. The summed E-state index contributed by atoms with van der Waals surface area (Å²) in [7, 11) is 1.76. The summed E-state index contributed by atoms with van der Waals surface area (Å²) < 4.78 is 29.2. The number of amides is 1. The van der Waals surface area contributed by atoms with Gasteiger partial charge in [-0.1, -0.05) is 0 Å². The van der Waals surface area contributed by atoms with Crippen LogP contribution in [0, 0.1) is 23.0 Å². The van der Waals surface area contributed by atoms with Crippen LogP contribution in [0.2, 0.25) is 0 Å². The third-order valence-corrected chi connectivity index (χ3v) is 4.59. The van der Waals surface area contributed by atoms with Gasteiger partial charge in [0.15, 0.2) is 0 Å². The molecule has 128 valence electrons. The Balaban J connectivity index is 1.97. The second-order valence-electron chi connectivity index (χ2n) is 6.19. The number of hydrogen-bond acceptors (Lipinski definition) is 2. The molecule has 0 aliphatic carbocycles. The number of fused-ring (bicyclic) bond motifs is 1. The number of nitrogens with zero attached hydrogens (tertiary/aromatic N) is 2. The van der Waals surface area contributed by atoms with Crippen molar-refractivity contribution < 1.29 is 13.6 Å². The van der Waals surface area contributed by atoms with Crippen LogP contribution in [0.3, 0.4) is 0 Å². The number of carbonyl (C=O) groups is 1. The first-order chi connectivity index (χ1) is 12.5. The Morgan fingerprint density at radius 1 is 1.08 bits per heavy atom. The first-order valence-corrected chi connectivity index (χ1v) is 7.95. The zero-order chi connectivity index (χ0) is 18.4. The van der Waals surface area contributed by atoms with Crippen LogP contribution in [0.4, 0.5) is 8.78 Å². The minimum absolute atomic E-state index is 0.214. The molecule has 1 amide bonds. The standard InChI is InChI=1S/C20H13F2N3O/c1-25-10-12(4-14(25)8-23)16-5-11(6-17-18(16)9-24-20(17)26)15-3-2-13(21)7-19(15)22/h2-7,10H,9H2,1H3,(H,24,26). The van der Waals surface area contributed by atoms with E-state index in [0.717, 1.165) is 22.8 Å². The van der Waals surface area contributed by atoms with Crippen LogP contribution in [0.1, 0.15) is 21.6 Å². The highest BCUT2D eigenvalue weighted by Crippen LogP contribution is 2.36. The van der Waals surface area contributed by atoms with Crippen molar-refractivity contribution in [2.24, 2.45) is 7.05 Å². The van der Waals surface area contributed by atoms with Crippen LogP contribution >= 0.6 is 0 Å². The molecular weight excluding hydrogens is 336 g/mol. The quantitative estimate of drug-likeness (QED) is 0.766. The molecule has 3 aromatic rings. The third-order valence-electron chi connectivity index (χ3n) is 4.59. The van der Waals surface area contributed by atoms with Crippen molar-refractivity contribution in [3.63, 3.8) is 0 Å². The molecule has 4 rings (SSSR count). The zero-order valence-corrected chi connectivity index (χ0v) is 13.8. The smallest absolute Gasteiger partial charge is 0.251 e. The monoisotopic (exact) mass is 349 g/mol. The average molecular weight is 349 g/mol. The van der Waals surface area contributed by atoms with Crippen LogP contribution in [0.15, 0.2) is 42.6 Å². The highest BCUT2D eigenvalue weighted by atomic mass is 19.1. The number of nitriles is 1. The maximum Gasteiger partial charge on any atom is 0.251 e. The fourth-order valence-corrected chi connectivity index (χ4v) is 3.29. The van der Waals surface area contributed by atoms with Gasteiger partial charge >= 0.3 is 0 Å². The Labute approximate surface area is 148 Å². The van der Waals surface area contributed by atoms with E-state index in [9.17, 15) is 18.8 Å². The van der Waals surface area contributed by atoms with Crippen molar-refractivity contribution in [1.29, 1.82) is 5.26 Å². The molecule has 0 saturated heterocycles. The van der Waals surface area contributed by atoms with E-state index in [2.05, 4.69) is 11.4 Å². The molecule has 0 fully saturated rings. The van der Waals surface area contributed by atoms with Crippen LogP contribution in [0.5, 0.6) is 0 Å². The Morgan fingerprint density at radius 2 is 1.85 bits per heavy atom. The maximum absolute atomic E-state index is 14.3. The highest BCUT2D eigenvalue weighted by Gasteiger charge is 2.25. The summed E-state index contributed by atoms with van der Waals surface area (Å²) in [5.74, 6) is -1.59. The lowest BCUT2D eigenvalue weighted by atomic mass is 9.92. The molecule has 1 aliphatic rings. The fourth-order valence-electron chi connectivity index (χ4n) is 3.29. The molecule has 1 N–H and O–H groups in total. The summed E-state index contributed by atoms with van der Waals surface area (Å²) >= 11 is 0. The predicted octanol–water partition coefficient (Wildman–Crippen LogP) is 3.75. The van der Waals surface area contributed by atoms with E-state index >= 15 is 0 Å². The third kappa shape index (κ3) is 2.45. The maximum atomic E-state index is 14.3. The van der Waals surface area contributed by atoms with Gasteiger partial charge in [0.1, 0.15) is 23.4 Å². The van der Waals surface area contributed by atoms with Gasteiger partial charge in [-0.05, 0) is 47.0 Å². The number of rotatable bonds is 2. The number of carbonyl (C=O) groups excluding carboxylic acids is 1. The Kier molecular flexibility index (Phi) is 3.58. The normalized spacial score (nSPS) is 12.6. The fraction of sp³-hybridized carbons (Fsp3) is 0.100. The van der Waals surface area contributed by atoms with Crippen molar-refractivity contribution >= 4 is 5.91 Å². The van der Waals surface area contributed by atoms with Gasteiger partial charge in [-0.15, -0.1) is 0 Å². The largest absolute Gasteiger partial charge is 0.348 e. The van der Waals surface area contributed by atoms with E-state index in [1.807, 2.05) is 0 Å². The molecule has 1 aromatic heterocycles. The van der Waals surface area contributed by atoms with Crippen LogP contribution in [-0.4, -0.2) is 10.5 Å².